The quantitative estimate of drug-likeness (QED) is 0.809. The van der Waals surface area contributed by atoms with E-state index in [-0.39, 0.29) is 5.56 Å². The molecule has 4 heteroatoms. The Bertz CT molecular complexity index is 549. The molecule has 18 heavy (non-hydrogen) atoms. The van der Waals surface area contributed by atoms with Crippen LogP contribution < -0.4 is 10.5 Å². The van der Waals surface area contributed by atoms with E-state index in [0.717, 1.165) is 5.56 Å². The van der Waals surface area contributed by atoms with Gasteiger partial charge in [-0.2, -0.15) is 0 Å². The number of aromatic carboxylic acids is 1. The van der Waals surface area contributed by atoms with E-state index >= 15 is 0 Å². The Morgan fingerprint density at radius 3 is 2.56 bits per heavy atom. The van der Waals surface area contributed by atoms with Crippen LogP contribution in [0.5, 0.6) is 5.75 Å². The summed E-state index contributed by atoms with van der Waals surface area (Å²) in [7, 11) is 0. The minimum Gasteiger partial charge on any atom is -0.489 e. The van der Waals surface area contributed by atoms with Crippen LogP contribution in [0.2, 0.25) is 0 Å². The Balaban J connectivity index is 2.04. The first-order valence-electron chi connectivity index (χ1n) is 5.46. The van der Waals surface area contributed by atoms with Crippen LogP contribution in [0.25, 0.3) is 0 Å². The minimum atomic E-state index is -0.940. The zero-order chi connectivity index (χ0) is 13.0. The van der Waals surface area contributed by atoms with Crippen molar-refractivity contribution in [1.29, 1.82) is 0 Å². The number of rotatable bonds is 4. The molecule has 0 unspecified atom stereocenters. The molecule has 3 N–H and O–H groups in total. The van der Waals surface area contributed by atoms with Crippen molar-refractivity contribution >= 4 is 11.7 Å². The Labute approximate surface area is 105 Å². The number of hydrogen-bond acceptors (Lipinski definition) is 3. The van der Waals surface area contributed by atoms with Crippen LogP contribution >= 0.6 is 0 Å². The van der Waals surface area contributed by atoms with Crippen molar-refractivity contribution in [2.45, 2.75) is 6.61 Å². The van der Waals surface area contributed by atoms with Crippen LogP contribution in [0.1, 0.15) is 15.9 Å². The highest BCUT2D eigenvalue weighted by Gasteiger charge is 2.03. The van der Waals surface area contributed by atoms with Gasteiger partial charge in [0.15, 0.2) is 0 Å². The van der Waals surface area contributed by atoms with Crippen molar-refractivity contribution in [3.63, 3.8) is 0 Å². The predicted molar refractivity (Wildman–Crippen MR) is 68.6 cm³/mol. The van der Waals surface area contributed by atoms with Gasteiger partial charge in [-0.05, 0) is 42.0 Å². The van der Waals surface area contributed by atoms with Crippen LogP contribution in [-0.4, -0.2) is 11.1 Å². The smallest absolute Gasteiger partial charge is 0.335 e. The van der Waals surface area contributed by atoms with Gasteiger partial charge in [-0.3, -0.25) is 0 Å². The van der Waals surface area contributed by atoms with Crippen LogP contribution in [0.3, 0.4) is 0 Å². The predicted octanol–water partition coefficient (Wildman–Crippen LogP) is 2.55. The Morgan fingerprint density at radius 1 is 1.17 bits per heavy atom. The number of anilines is 1. The fourth-order valence-electron chi connectivity index (χ4n) is 1.52. The second kappa shape index (κ2) is 5.23. The van der Waals surface area contributed by atoms with Gasteiger partial charge in [0, 0.05) is 5.69 Å². The Kier molecular flexibility index (Phi) is 3.48. The van der Waals surface area contributed by atoms with Gasteiger partial charge in [0.25, 0.3) is 0 Å². The highest BCUT2D eigenvalue weighted by Crippen LogP contribution is 2.15. The first kappa shape index (κ1) is 12.0. The molecule has 4 nitrogen and oxygen atoms in total. The summed E-state index contributed by atoms with van der Waals surface area (Å²) in [6.45, 7) is 0.324. The van der Waals surface area contributed by atoms with E-state index in [1.165, 1.54) is 0 Å². The second-order valence-electron chi connectivity index (χ2n) is 3.86. The highest BCUT2D eigenvalue weighted by atomic mass is 16.5. The summed E-state index contributed by atoms with van der Waals surface area (Å²) in [5, 5.41) is 8.87. The molecule has 0 fully saturated rings. The first-order valence-corrected chi connectivity index (χ1v) is 5.46. The summed E-state index contributed by atoms with van der Waals surface area (Å²) >= 11 is 0. The number of ether oxygens (including phenoxy) is 1. The second-order valence-corrected chi connectivity index (χ2v) is 3.86. The third-order valence-electron chi connectivity index (χ3n) is 2.46. The van der Waals surface area contributed by atoms with Crippen LogP contribution in [-0.2, 0) is 6.61 Å². The number of nitrogen functional groups attached to an aromatic ring is 1. The van der Waals surface area contributed by atoms with Crippen molar-refractivity contribution in [2.24, 2.45) is 0 Å². The van der Waals surface area contributed by atoms with Crippen molar-refractivity contribution in [2.75, 3.05) is 5.73 Å². The molecule has 0 atom stereocenters. The molecule has 0 saturated heterocycles. The zero-order valence-electron chi connectivity index (χ0n) is 9.67. The Morgan fingerprint density at radius 2 is 1.89 bits per heavy atom. The van der Waals surface area contributed by atoms with E-state index in [1.54, 1.807) is 42.5 Å². The molecule has 2 rings (SSSR count). The molecule has 2 aromatic carbocycles. The van der Waals surface area contributed by atoms with Gasteiger partial charge in [-0.1, -0.05) is 12.1 Å². The summed E-state index contributed by atoms with van der Waals surface area (Å²) in [5.41, 5.74) is 7.31. The zero-order valence-corrected chi connectivity index (χ0v) is 9.67. The molecule has 2 aromatic rings. The summed E-state index contributed by atoms with van der Waals surface area (Å²) in [6.07, 6.45) is 0. The van der Waals surface area contributed by atoms with Gasteiger partial charge in [-0.25, -0.2) is 4.79 Å². The Hall–Kier alpha value is -2.49. The largest absolute Gasteiger partial charge is 0.489 e. The lowest BCUT2D eigenvalue weighted by molar-refractivity contribution is 0.0696. The normalized spacial score (nSPS) is 10.0. The first-order chi connectivity index (χ1) is 8.65. The molecule has 0 bridgehead atoms. The average Bonchev–Trinajstić information content (AvgIpc) is 2.38. The van der Waals surface area contributed by atoms with E-state index in [9.17, 15) is 4.79 Å². The van der Waals surface area contributed by atoms with Crippen LogP contribution in [0, 0.1) is 0 Å². The highest BCUT2D eigenvalue weighted by molar-refractivity contribution is 5.87. The van der Waals surface area contributed by atoms with Gasteiger partial charge >= 0.3 is 5.97 Å². The van der Waals surface area contributed by atoms with Crippen molar-refractivity contribution < 1.29 is 14.6 Å². The van der Waals surface area contributed by atoms with Gasteiger partial charge in [0.1, 0.15) is 12.4 Å². The fraction of sp³-hybridized carbons (Fsp3) is 0.0714. The maximum Gasteiger partial charge on any atom is 0.335 e. The number of hydrogen-bond donors (Lipinski definition) is 2. The van der Waals surface area contributed by atoms with Gasteiger partial charge in [0.2, 0.25) is 0 Å². The maximum atomic E-state index is 10.8. The lowest BCUT2D eigenvalue weighted by atomic mass is 10.1. The van der Waals surface area contributed by atoms with Crippen molar-refractivity contribution in [3.8, 4) is 5.75 Å². The molecule has 0 heterocycles. The van der Waals surface area contributed by atoms with Crippen molar-refractivity contribution in [3.05, 3.63) is 59.7 Å². The van der Waals surface area contributed by atoms with E-state index in [0.29, 0.717) is 18.0 Å². The lowest BCUT2D eigenvalue weighted by Gasteiger charge is -2.07. The number of carboxylic acids is 1. The number of carbonyl (C=O) groups is 1. The number of benzene rings is 2. The van der Waals surface area contributed by atoms with Crippen LogP contribution in [0.15, 0.2) is 48.5 Å². The monoisotopic (exact) mass is 243 g/mol. The fourth-order valence-corrected chi connectivity index (χ4v) is 1.52. The van der Waals surface area contributed by atoms with E-state index < -0.39 is 5.97 Å². The lowest BCUT2D eigenvalue weighted by Crippen LogP contribution is -2.00. The van der Waals surface area contributed by atoms with Gasteiger partial charge in [-0.15, -0.1) is 0 Å². The summed E-state index contributed by atoms with van der Waals surface area (Å²) in [6, 6.07) is 13.7. The molecule has 0 spiro atoms. The standard InChI is InChI=1S/C14H13NO3/c15-12-4-6-13(7-5-12)18-9-10-2-1-3-11(8-10)14(16)17/h1-8H,9,15H2,(H,16,17). The molecular weight excluding hydrogens is 230 g/mol. The number of carboxylic acid groups (broad SMARTS) is 1. The minimum absolute atomic E-state index is 0.258. The molecule has 0 amide bonds. The SMILES string of the molecule is Nc1ccc(OCc2cccc(C(=O)O)c2)cc1. The molecule has 0 radical (unpaired) electrons. The third-order valence-corrected chi connectivity index (χ3v) is 2.46. The summed E-state index contributed by atoms with van der Waals surface area (Å²) in [5.74, 6) is -0.241. The third kappa shape index (κ3) is 3.01. The van der Waals surface area contributed by atoms with E-state index in [4.69, 9.17) is 15.6 Å². The molecule has 92 valence electrons. The van der Waals surface area contributed by atoms with Gasteiger partial charge in [0.05, 0.1) is 5.56 Å². The van der Waals surface area contributed by atoms with Crippen LogP contribution in [0.4, 0.5) is 5.69 Å². The molecule has 0 aromatic heterocycles. The maximum absolute atomic E-state index is 10.8. The van der Waals surface area contributed by atoms with E-state index in [2.05, 4.69) is 0 Å². The average molecular weight is 243 g/mol. The molecule has 0 aliphatic rings. The van der Waals surface area contributed by atoms with Gasteiger partial charge < -0.3 is 15.6 Å². The topological polar surface area (TPSA) is 72.5 Å². The summed E-state index contributed by atoms with van der Waals surface area (Å²) < 4.78 is 5.53. The van der Waals surface area contributed by atoms with E-state index in [1.807, 2.05) is 6.07 Å². The molecular formula is C14H13NO3. The number of nitrogens with two attached hydrogens (primary N) is 1. The summed E-state index contributed by atoms with van der Waals surface area (Å²) in [4.78, 5) is 10.8. The molecule has 0 aliphatic heterocycles. The van der Waals surface area contributed by atoms with Crippen molar-refractivity contribution in [1.82, 2.24) is 0 Å². The molecule has 0 saturated carbocycles. The molecule has 0 aliphatic carbocycles.